The number of anilines is 1. The van der Waals surface area contributed by atoms with Crippen molar-refractivity contribution < 1.29 is 0 Å². The highest BCUT2D eigenvalue weighted by molar-refractivity contribution is 5.71. The van der Waals surface area contributed by atoms with Crippen LogP contribution in [-0.4, -0.2) is 55.3 Å². The lowest BCUT2D eigenvalue weighted by Gasteiger charge is -2.35. The normalized spacial score (nSPS) is 17.7. The van der Waals surface area contributed by atoms with E-state index in [4.69, 9.17) is 0 Å². The van der Waals surface area contributed by atoms with Crippen LogP contribution in [0.25, 0.3) is 11.2 Å². The van der Waals surface area contributed by atoms with Crippen LogP contribution in [0.2, 0.25) is 0 Å². The van der Waals surface area contributed by atoms with E-state index >= 15 is 0 Å². The van der Waals surface area contributed by atoms with Gasteiger partial charge in [-0.1, -0.05) is 6.42 Å². The van der Waals surface area contributed by atoms with Gasteiger partial charge >= 0.3 is 0 Å². The molecule has 0 aliphatic carbocycles. The Labute approximate surface area is 163 Å². The summed E-state index contributed by atoms with van der Waals surface area (Å²) in [5.41, 5.74) is 2.27. The fraction of sp³-hybridized carbons (Fsp3) is 0.450. The molecule has 1 N–H and O–H groups in total. The van der Waals surface area contributed by atoms with E-state index in [-0.39, 0.29) is 5.56 Å². The predicted octanol–water partition coefficient (Wildman–Crippen LogP) is 1.86. The number of aromatic nitrogens is 5. The summed E-state index contributed by atoms with van der Waals surface area (Å²) >= 11 is 0. The zero-order valence-corrected chi connectivity index (χ0v) is 16.1. The molecule has 0 aromatic carbocycles. The number of rotatable bonds is 6. The summed E-state index contributed by atoms with van der Waals surface area (Å²) in [6.45, 7) is 5.20. The maximum atomic E-state index is 12.0. The summed E-state index contributed by atoms with van der Waals surface area (Å²) in [7, 11) is 0. The van der Waals surface area contributed by atoms with Gasteiger partial charge in [-0.05, 0) is 44.5 Å². The maximum Gasteiger partial charge on any atom is 0.266 e. The van der Waals surface area contributed by atoms with Crippen molar-refractivity contribution in [2.24, 2.45) is 0 Å². The first kappa shape index (κ1) is 18.5. The number of fused-ring (bicyclic) bond motifs is 1. The average molecular weight is 379 g/mol. The van der Waals surface area contributed by atoms with Crippen molar-refractivity contribution in [1.82, 2.24) is 29.6 Å². The van der Waals surface area contributed by atoms with Crippen LogP contribution in [0.4, 0.5) is 5.82 Å². The smallest absolute Gasteiger partial charge is 0.266 e. The van der Waals surface area contributed by atoms with E-state index in [2.05, 4.69) is 30.3 Å². The Bertz CT molecular complexity index is 1000. The van der Waals surface area contributed by atoms with Crippen LogP contribution in [0, 0.1) is 6.92 Å². The van der Waals surface area contributed by atoms with Crippen molar-refractivity contribution in [3.05, 3.63) is 52.7 Å². The molecule has 1 atom stereocenters. The Morgan fingerprint density at radius 1 is 1.11 bits per heavy atom. The molecule has 3 aromatic rings. The molecule has 1 unspecified atom stereocenters. The molecule has 4 rings (SSSR count). The summed E-state index contributed by atoms with van der Waals surface area (Å²) in [5.74, 6) is 0.815. The van der Waals surface area contributed by atoms with Gasteiger partial charge in [0.15, 0.2) is 5.65 Å². The van der Waals surface area contributed by atoms with E-state index in [9.17, 15) is 4.79 Å². The van der Waals surface area contributed by atoms with E-state index in [1.54, 1.807) is 29.2 Å². The van der Waals surface area contributed by atoms with Gasteiger partial charge in [0, 0.05) is 37.6 Å². The lowest BCUT2D eigenvalue weighted by Crippen LogP contribution is -2.45. The number of pyridine rings is 1. The zero-order valence-electron chi connectivity index (χ0n) is 16.1. The molecule has 1 saturated heterocycles. The lowest BCUT2D eigenvalue weighted by atomic mass is 10.0. The summed E-state index contributed by atoms with van der Waals surface area (Å²) in [6, 6.07) is 7.64. The summed E-state index contributed by atoms with van der Waals surface area (Å²) in [6.07, 6.45) is 6.88. The quantitative estimate of drug-likeness (QED) is 0.699. The first-order valence-corrected chi connectivity index (χ1v) is 9.79. The van der Waals surface area contributed by atoms with Gasteiger partial charge in [0.1, 0.15) is 11.3 Å². The monoisotopic (exact) mass is 379 g/mol. The fourth-order valence-corrected chi connectivity index (χ4v) is 3.70. The number of nitrogens with one attached hydrogen (secondary N) is 1. The molecule has 0 bridgehead atoms. The van der Waals surface area contributed by atoms with Gasteiger partial charge in [0.25, 0.3) is 5.56 Å². The van der Waals surface area contributed by atoms with Crippen molar-refractivity contribution >= 4 is 17.0 Å². The average Bonchev–Trinajstić information content (AvgIpc) is 2.73. The third-order valence-electron chi connectivity index (χ3n) is 5.20. The first-order valence-electron chi connectivity index (χ1n) is 9.79. The molecular weight excluding hydrogens is 354 g/mol. The summed E-state index contributed by atoms with van der Waals surface area (Å²) in [4.78, 5) is 27.5. The standard InChI is InChI=1S/C20H25N7O/c1-15-5-8-19(28)27(25-15)13-12-26-11-3-2-4-16(26)14-23-18-7-6-17-20(24-18)22-10-9-21-17/h5-10,16H,2-4,11-14H2,1H3,(H,22,23,24). The molecule has 0 radical (unpaired) electrons. The highest BCUT2D eigenvalue weighted by Gasteiger charge is 2.22. The van der Waals surface area contributed by atoms with E-state index in [1.165, 1.54) is 12.8 Å². The molecule has 0 spiro atoms. The van der Waals surface area contributed by atoms with Crippen LogP contribution < -0.4 is 10.9 Å². The highest BCUT2D eigenvalue weighted by Crippen LogP contribution is 2.18. The predicted molar refractivity (Wildman–Crippen MR) is 108 cm³/mol. The van der Waals surface area contributed by atoms with Crippen LogP contribution in [0.15, 0.2) is 41.5 Å². The van der Waals surface area contributed by atoms with Crippen LogP contribution in [0.3, 0.4) is 0 Å². The Balaban J connectivity index is 1.39. The summed E-state index contributed by atoms with van der Waals surface area (Å²) < 4.78 is 1.57. The molecule has 1 aliphatic rings. The van der Waals surface area contributed by atoms with Crippen molar-refractivity contribution in [3.63, 3.8) is 0 Å². The highest BCUT2D eigenvalue weighted by atomic mass is 16.1. The van der Waals surface area contributed by atoms with Crippen molar-refractivity contribution in [2.45, 2.75) is 38.8 Å². The fourth-order valence-electron chi connectivity index (χ4n) is 3.70. The van der Waals surface area contributed by atoms with Gasteiger partial charge in [0.2, 0.25) is 0 Å². The lowest BCUT2D eigenvalue weighted by molar-refractivity contribution is 0.148. The molecule has 4 heterocycles. The molecule has 146 valence electrons. The number of hydrogen-bond donors (Lipinski definition) is 1. The van der Waals surface area contributed by atoms with Gasteiger partial charge in [-0.3, -0.25) is 14.7 Å². The molecule has 0 amide bonds. The largest absolute Gasteiger partial charge is 0.368 e. The molecule has 1 fully saturated rings. The van der Waals surface area contributed by atoms with Crippen LogP contribution in [0.5, 0.6) is 0 Å². The second-order valence-corrected chi connectivity index (χ2v) is 7.20. The Kier molecular flexibility index (Phi) is 5.57. The summed E-state index contributed by atoms with van der Waals surface area (Å²) in [5, 5.41) is 7.79. The zero-order chi connectivity index (χ0) is 19.3. The number of aryl methyl sites for hydroxylation is 1. The first-order chi connectivity index (χ1) is 13.7. The van der Waals surface area contributed by atoms with Gasteiger partial charge < -0.3 is 5.32 Å². The Hall–Kier alpha value is -2.87. The van der Waals surface area contributed by atoms with Gasteiger partial charge in [-0.15, -0.1) is 0 Å². The Morgan fingerprint density at radius 2 is 2.00 bits per heavy atom. The second kappa shape index (κ2) is 8.43. The van der Waals surface area contributed by atoms with Gasteiger partial charge in [-0.25, -0.2) is 14.6 Å². The molecular formula is C20H25N7O. The van der Waals surface area contributed by atoms with Gasteiger partial charge in [-0.2, -0.15) is 5.10 Å². The number of nitrogens with zero attached hydrogens (tertiary/aromatic N) is 6. The SMILES string of the molecule is Cc1ccc(=O)n(CCN2CCCCC2CNc2ccc3nccnc3n2)n1. The third-order valence-corrected chi connectivity index (χ3v) is 5.20. The van der Waals surface area contributed by atoms with Crippen molar-refractivity contribution in [1.29, 1.82) is 0 Å². The molecule has 0 saturated carbocycles. The molecule has 28 heavy (non-hydrogen) atoms. The van der Waals surface area contributed by atoms with Crippen LogP contribution in [-0.2, 0) is 6.54 Å². The minimum atomic E-state index is -0.0428. The van der Waals surface area contributed by atoms with Crippen LogP contribution in [0.1, 0.15) is 25.0 Å². The maximum absolute atomic E-state index is 12.0. The van der Waals surface area contributed by atoms with E-state index in [1.807, 2.05) is 19.1 Å². The minimum absolute atomic E-state index is 0.0428. The van der Waals surface area contributed by atoms with E-state index in [0.29, 0.717) is 18.2 Å². The van der Waals surface area contributed by atoms with Crippen LogP contribution >= 0.6 is 0 Å². The Morgan fingerprint density at radius 3 is 2.93 bits per heavy atom. The number of hydrogen-bond acceptors (Lipinski definition) is 7. The molecule has 1 aliphatic heterocycles. The second-order valence-electron chi connectivity index (χ2n) is 7.20. The van der Waals surface area contributed by atoms with E-state index < -0.39 is 0 Å². The third kappa shape index (κ3) is 4.33. The minimum Gasteiger partial charge on any atom is -0.368 e. The molecule has 3 aromatic heterocycles. The number of piperidine rings is 1. The van der Waals surface area contributed by atoms with Crippen molar-refractivity contribution in [2.75, 3.05) is 25.0 Å². The topological polar surface area (TPSA) is 88.8 Å². The van der Waals surface area contributed by atoms with E-state index in [0.717, 1.165) is 43.1 Å². The van der Waals surface area contributed by atoms with Crippen molar-refractivity contribution in [3.8, 4) is 0 Å². The van der Waals surface area contributed by atoms with Gasteiger partial charge in [0.05, 0.1) is 12.2 Å². The molecule has 8 heteroatoms. The number of likely N-dealkylation sites (tertiary alicyclic amines) is 1. The molecule has 8 nitrogen and oxygen atoms in total.